The van der Waals surface area contributed by atoms with Gasteiger partial charge in [-0.1, -0.05) is 19.9 Å². The molecule has 0 spiro atoms. The monoisotopic (exact) mass is 302 g/mol. The molecule has 1 saturated carbocycles. The van der Waals surface area contributed by atoms with Crippen molar-refractivity contribution in [3.05, 3.63) is 23.8 Å². The lowest BCUT2D eigenvalue weighted by atomic mass is 9.80. The van der Waals surface area contributed by atoms with Crippen LogP contribution in [0.2, 0.25) is 0 Å². The molecule has 1 aromatic carbocycles. The van der Waals surface area contributed by atoms with Gasteiger partial charge >= 0.3 is 0 Å². The molecule has 1 amide bonds. The highest BCUT2D eigenvalue weighted by Crippen LogP contribution is 2.39. The van der Waals surface area contributed by atoms with Crippen molar-refractivity contribution < 1.29 is 9.53 Å². The number of carbonyl (C=O) groups excluding carboxylic acids is 1. The number of benzene rings is 1. The van der Waals surface area contributed by atoms with Gasteiger partial charge in [-0.3, -0.25) is 4.79 Å². The van der Waals surface area contributed by atoms with Crippen LogP contribution in [0.5, 0.6) is 0 Å². The van der Waals surface area contributed by atoms with Gasteiger partial charge in [-0.15, -0.1) is 0 Å². The highest BCUT2D eigenvalue weighted by Gasteiger charge is 2.38. The van der Waals surface area contributed by atoms with Gasteiger partial charge in [0.2, 0.25) is 5.91 Å². The lowest BCUT2D eigenvalue weighted by Gasteiger charge is -2.39. The number of amides is 1. The third-order valence-corrected chi connectivity index (χ3v) is 4.51. The van der Waals surface area contributed by atoms with Crippen LogP contribution in [0.1, 0.15) is 38.7 Å². The number of hydrogen-bond acceptors (Lipinski definition) is 3. The lowest BCUT2D eigenvalue weighted by Crippen LogP contribution is -2.47. The fraction of sp³-hybridized carbons (Fsp3) is 0.611. The topological polar surface area (TPSA) is 41.6 Å². The van der Waals surface area contributed by atoms with Crippen molar-refractivity contribution in [3.63, 3.8) is 0 Å². The molecule has 0 bridgehead atoms. The molecule has 4 nitrogen and oxygen atoms in total. The third-order valence-electron chi connectivity index (χ3n) is 4.51. The van der Waals surface area contributed by atoms with Gasteiger partial charge in [0.1, 0.15) is 0 Å². The zero-order chi connectivity index (χ0) is 15.7. The summed E-state index contributed by atoms with van der Waals surface area (Å²) in [6, 6.07) is 7.09. The van der Waals surface area contributed by atoms with Crippen molar-refractivity contribution >= 4 is 17.3 Å². The van der Waals surface area contributed by atoms with E-state index in [0.29, 0.717) is 12.6 Å². The van der Waals surface area contributed by atoms with Gasteiger partial charge in [0.25, 0.3) is 0 Å². The average molecular weight is 302 g/mol. The quantitative estimate of drug-likeness (QED) is 0.820. The summed E-state index contributed by atoms with van der Waals surface area (Å²) in [7, 11) is 1.70. The maximum Gasteiger partial charge on any atom is 0.232 e. The van der Waals surface area contributed by atoms with Gasteiger partial charge in [0, 0.05) is 43.1 Å². The molecule has 0 atom stereocenters. The Labute approximate surface area is 132 Å². The van der Waals surface area contributed by atoms with E-state index in [0.717, 1.165) is 30.8 Å². The second-order valence-corrected chi connectivity index (χ2v) is 7.13. The molecule has 3 rings (SSSR count). The number of ether oxygens (including phenoxy) is 1. The summed E-state index contributed by atoms with van der Waals surface area (Å²) in [6.07, 6.45) is 4.17. The van der Waals surface area contributed by atoms with E-state index >= 15 is 0 Å². The number of methoxy groups -OCH3 is 1. The molecular weight excluding hydrogens is 276 g/mol. The Balaban J connectivity index is 1.87. The Bertz CT molecular complexity index is 564. The molecule has 2 aliphatic rings. The van der Waals surface area contributed by atoms with Crippen LogP contribution >= 0.6 is 0 Å². The molecule has 0 saturated heterocycles. The van der Waals surface area contributed by atoms with Gasteiger partial charge < -0.3 is 15.0 Å². The summed E-state index contributed by atoms with van der Waals surface area (Å²) in [6.45, 7) is 5.48. The summed E-state index contributed by atoms with van der Waals surface area (Å²) in [5.41, 5.74) is 3.14. The first-order valence-electron chi connectivity index (χ1n) is 8.21. The third kappa shape index (κ3) is 3.12. The molecule has 1 heterocycles. The van der Waals surface area contributed by atoms with Crippen molar-refractivity contribution in [1.29, 1.82) is 0 Å². The molecule has 1 aliphatic heterocycles. The van der Waals surface area contributed by atoms with Crippen LogP contribution in [-0.2, 0) is 16.0 Å². The van der Waals surface area contributed by atoms with E-state index in [-0.39, 0.29) is 11.3 Å². The highest BCUT2D eigenvalue weighted by molar-refractivity contribution is 6.00. The normalized spacial score (nSPS) is 20.0. The molecule has 4 heteroatoms. The number of nitrogens with one attached hydrogen (secondary N) is 1. The van der Waals surface area contributed by atoms with E-state index in [1.54, 1.807) is 7.11 Å². The van der Waals surface area contributed by atoms with E-state index in [1.807, 2.05) is 18.7 Å². The second-order valence-electron chi connectivity index (χ2n) is 7.13. The van der Waals surface area contributed by atoms with Gasteiger partial charge in [-0.25, -0.2) is 0 Å². The Morgan fingerprint density at radius 3 is 2.82 bits per heavy atom. The molecule has 0 aromatic heterocycles. The molecule has 1 N–H and O–H groups in total. The highest BCUT2D eigenvalue weighted by atomic mass is 16.5. The van der Waals surface area contributed by atoms with Crippen molar-refractivity contribution in [2.45, 2.75) is 45.6 Å². The van der Waals surface area contributed by atoms with Crippen molar-refractivity contribution in [1.82, 2.24) is 0 Å². The number of anilines is 2. The first-order chi connectivity index (χ1) is 10.5. The molecule has 1 aromatic rings. The van der Waals surface area contributed by atoms with Crippen LogP contribution in [0.3, 0.4) is 0 Å². The Hall–Kier alpha value is -1.55. The molecule has 0 unspecified atom stereocenters. The SMILES string of the molecule is COCCCN1C(=O)C(C)(C)Cc2ccc(NC3CC3)cc21. The van der Waals surface area contributed by atoms with Crippen LogP contribution in [0.25, 0.3) is 0 Å². The summed E-state index contributed by atoms with van der Waals surface area (Å²) in [4.78, 5) is 14.8. The fourth-order valence-corrected chi connectivity index (χ4v) is 3.13. The largest absolute Gasteiger partial charge is 0.385 e. The number of nitrogens with zero attached hydrogens (tertiary/aromatic N) is 1. The standard InChI is InChI=1S/C18H26N2O2/c1-18(2)12-13-5-6-15(19-14-7-8-14)11-16(13)20(17(18)21)9-4-10-22-3/h5-6,11,14,19H,4,7-10,12H2,1-3H3. The minimum atomic E-state index is -0.328. The molecule has 1 fully saturated rings. The fourth-order valence-electron chi connectivity index (χ4n) is 3.13. The summed E-state index contributed by atoms with van der Waals surface area (Å²) in [5.74, 6) is 0.222. The maximum absolute atomic E-state index is 12.8. The van der Waals surface area contributed by atoms with E-state index in [9.17, 15) is 4.79 Å². The average Bonchev–Trinajstić information content (AvgIpc) is 3.28. The number of carbonyl (C=O) groups is 1. The van der Waals surface area contributed by atoms with Crippen molar-refractivity contribution in [2.75, 3.05) is 30.5 Å². The molecular formula is C18H26N2O2. The number of rotatable bonds is 6. The van der Waals surface area contributed by atoms with Crippen LogP contribution < -0.4 is 10.2 Å². The Kier molecular flexibility index (Phi) is 4.13. The van der Waals surface area contributed by atoms with E-state index in [4.69, 9.17) is 4.74 Å². The first kappa shape index (κ1) is 15.3. The second kappa shape index (κ2) is 5.92. The molecule has 120 valence electrons. The van der Waals surface area contributed by atoms with E-state index < -0.39 is 0 Å². The van der Waals surface area contributed by atoms with Gasteiger partial charge in [-0.05, 0) is 43.4 Å². The predicted molar refractivity (Wildman–Crippen MR) is 89.4 cm³/mol. The van der Waals surface area contributed by atoms with Gasteiger partial charge in [0.05, 0.1) is 0 Å². The first-order valence-corrected chi connectivity index (χ1v) is 8.21. The zero-order valence-corrected chi connectivity index (χ0v) is 13.8. The smallest absolute Gasteiger partial charge is 0.232 e. The summed E-state index contributed by atoms with van der Waals surface area (Å²) < 4.78 is 5.14. The van der Waals surface area contributed by atoms with Crippen LogP contribution in [0.4, 0.5) is 11.4 Å². The summed E-state index contributed by atoms with van der Waals surface area (Å²) in [5, 5.41) is 3.53. The van der Waals surface area contributed by atoms with Gasteiger partial charge in [-0.2, -0.15) is 0 Å². The van der Waals surface area contributed by atoms with E-state index in [1.165, 1.54) is 18.4 Å². The Morgan fingerprint density at radius 1 is 1.36 bits per heavy atom. The Morgan fingerprint density at radius 2 is 2.14 bits per heavy atom. The molecule has 1 aliphatic carbocycles. The van der Waals surface area contributed by atoms with Crippen LogP contribution in [-0.4, -0.2) is 32.2 Å². The van der Waals surface area contributed by atoms with Crippen molar-refractivity contribution in [2.24, 2.45) is 5.41 Å². The molecule has 22 heavy (non-hydrogen) atoms. The predicted octanol–water partition coefficient (Wildman–Crippen LogP) is 3.21. The lowest BCUT2D eigenvalue weighted by molar-refractivity contribution is -0.127. The van der Waals surface area contributed by atoms with Crippen LogP contribution in [0.15, 0.2) is 18.2 Å². The van der Waals surface area contributed by atoms with Crippen molar-refractivity contribution in [3.8, 4) is 0 Å². The van der Waals surface area contributed by atoms with Crippen LogP contribution in [0, 0.1) is 5.41 Å². The number of hydrogen-bond donors (Lipinski definition) is 1. The maximum atomic E-state index is 12.8. The minimum Gasteiger partial charge on any atom is -0.385 e. The van der Waals surface area contributed by atoms with Gasteiger partial charge in [0.15, 0.2) is 0 Å². The zero-order valence-electron chi connectivity index (χ0n) is 13.8. The molecule has 0 radical (unpaired) electrons. The number of fused-ring (bicyclic) bond motifs is 1. The minimum absolute atomic E-state index is 0.222. The summed E-state index contributed by atoms with van der Waals surface area (Å²) >= 11 is 0. The van der Waals surface area contributed by atoms with E-state index in [2.05, 4.69) is 23.5 Å².